The van der Waals surface area contributed by atoms with Gasteiger partial charge in [0, 0.05) is 40.6 Å². The highest BCUT2D eigenvalue weighted by atomic mass is 32.2. The van der Waals surface area contributed by atoms with Gasteiger partial charge in [-0.15, -0.1) is 34.9 Å². The summed E-state index contributed by atoms with van der Waals surface area (Å²) in [7, 11) is 0. The highest BCUT2D eigenvalue weighted by molar-refractivity contribution is 8.19. The monoisotopic (exact) mass is 441 g/mol. The average molecular weight is 442 g/mol. The molecule has 0 aliphatic carbocycles. The molecular formula is C21H19N3O2S3. The molecule has 2 aromatic carbocycles. The largest absolute Gasteiger partial charge is 0.326 e. The Labute approximate surface area is 181 Å². The first-order valence-corrected chi connectivity index (χ1v) is 12.0. The van der Waals surface area contributed by atoms with Crippen LogP contribution >= 0.6 is 34.9 Å². The summed E-state index contributed by atoms with van der Waals surface area (Å²) in [6.07, 6.45) is 0. The van der Waals surface area contributed by atoms with Crippen LogP contribution < -0.4 is 10.6 Å². The summed E-state index contributed by atoms with van der Waals surface area (Å²) in [6.45, 7) is 1.48. The summed E-state index contributed by atoms with van der Waals surface area (Å²) >= 11 is 5.29. The van der Waals surface area contributed by atoms with E-state index in [4.69, 9.17) is 0 Å². The van der Waals surface area contributed by atoms with Crippen molar-refractivity contribution in [2.75, 3.05) is 22.1 Å². The summed E-state index contributed by atoms with van der Waals surface area (Å²) in [5, 5.41) is 8.07. The van der Waals surface area contributed by atoms with Crippen LogP contribution in [-0.2, 0) is 4.79 Å². The fraction of sp³-hybridized carbons (Fsp3) is 0.190. The van der Waals surface area contributed by atoms with Crippen molar-refractivity contribution in [1.29, 1.82) is 0 Å². The zero-order valence-corrected chi connectivity index (χ0v) is 18.1. The van der Waals surface area contributed by atoms with E-state index < -0.39 is 0 Å². The molecule has 1 fully saturated rings. The standard InChI is InChI=1S/C21H19N3O2S3/c1-13(25)22-17-8-6-14(7-9-17)18-12-29-21(23-18)24-19(26)15-2-4-16(5-3-15)20-27-10-11-28-20/h2-9,12,20H,10-11H2,1H3,(H,22,25)(H,23,24,26). The predicted molar refractivity (Wildman–Crippen MR) is 124 cm³/mol. The van der Waals surface area contributed by atoms with Crippen molar-refractivity contribution in [3.63, 3.8) is 0 Å². The van der Waals surface area contributed by atoms with E-state index in [2.05, 4.69) is 15.6 Å². The van der Waals surface area contributed by atoms with Crippen LogP contribution in [-0.4, -0.2) is 28.3 Å². The minimum Gasteiger partial charge on any atom is -0.326 e. The third kappa shape index (κ3) is 5.01. The molecule has 29 heavy (non-hydrogen) atoms. The van der Waals surface area contributed by atoms with Gasteiger partial charge in [-0.05, 0) is 29.8 Å². The molecule has 1 aromatic heterocycles. The number of carbonyl (C=O) groups is 2. The van der Waals surface area contributed by atoms with Gasteiger partial charge in [-0.1, -0.05) is 24.3 Å². The van der Waals surface area contributed by atoms with E-state index in [1.54, 1.807) is 0 Å². The van der Waals surface area contributed by atoms with E-state index in [-0.39, 0.29) is 11.8 Å². The number of thiazole rings is 1. The molecular weight excluding hydrogens is 422 g/mol. The van der Waals surface area contributed by atoms with Gasteiger partial charge in [0.1, 0.15) is 0 Å². The second kappa shape index (κ2) is 9.02. The lowest BCUT2D eigenvalue weighted by atomic mass is 10.1. The van der Waals surface area contributed by atoms with Gasteiger partial charge in [-0.2, -0.15) is 0 Å². The third-order valence-corrected chi connectivity index (χ3v) is 8.15. The van der Waals surface area contributed by atoms with Gasteiger partial charge >= 0.3 is 0 Å². The van der Waals surface area contributed by atoms with Crippen LogP contribution in [0.5, 0.6) is 0 Å². The Balaban J connectivity index is 1.40. The number of rotatable bonds is 5. The number of amides is 2. The Morgan fingerprint density at radius 2 is 1.66 bits per heavy atom. The molecule has 0 atom stereocenters. The lowest BCUT2D eigenvalue weighted by Gasteiger charge is -2.09. The van der Waals surface area contributed by atoms with Crippen molar-refractivity contribution < 1.29 is 9.59 Å². The van der Waals surface area contributed by atoms with E-state index in [1.807, 2.05) is 77.4 Å². The van der Waals surface area contributed by atoms with E-state index in [0.717, 1.165) is 16.9 Å². The van der Waals surface area contributed by atoms with Gasteiger partial charge in [0.05, 0.1) is 10.3 Å². The first-order chi connectivity index (χ1) is 14.1. The maximum atomic E-state index is 12.5. The normalized spacial score (nSPS) is 14.0. The van der Waals surface area contributed by atoms with Crippen LogP contribution in [0.1, 0.15) is 27.4 Å². The molecule has 0 spiro atoms. The van der Waals surface area contributed by atoms with Gasteiger partial charge in [-0.25, -0.2) is 4.98 Å². The van der Waals surface area contributed by atoms with Gasteiger partial charge in [-0.3, -0.25) is 14.9 Å². The first-order valence-electron chi connectivity index (χ1n) is 9.06. The summed E-state index contributed by atoms with van der Waals surface area (Å²) in [6, 6.07) is 15.3. The molecule has 0 saturated carbocycles. The van der Waals surface area contributed by atoms with Crippen LogP contribution in [0.2, 0.25) is 0 Å². The van der Waals surface area contributed by atoms with E-state index in [1.165, 1.54) is 35.3 Å². The zero-order chi connectivity index (χ0) is 20.2. The Kier molecular flexibility index (Phi) is 6.22. The Bertz CT molecular complexity index is 1010. The predicted octanol–water partition coefficient (Wildman–Crippen LogP) is 5.50. The van der Waals surface area contributed by atoms with Crippen molar-refractivity contribution in [3.8, 4) is 11.3 Å². The smallest absolute Gasteiger partial charge is 0.257 e. The van der Waals surface area contributed by atoms with Gasteiger partial charge in [0.25, 0.3) is 5.91 Å². The number of anilines is 2. The molecule has 1 aliphatic heterocycles. The summed E-state index contributed by atoms with van der Waals surface area (Å²) in [5.41, 5.74) is 4.33. The maximum Gasteiger partial charge on any atom is 0.257 e. The van der Waals surface area contributed by atoms with Gasteiger partial charge in [0.15, 0.2) is 5.13 Å². The molecule has 8 heteroatoms. The summed E-state index contributed by atoms with van der Waals surface area (Å²) < 4.78 is 0.477. The second-order valence-electron chi connectivity index (χ2n) is 6.45. The molecule has 4 rings (SSSR count). The molecule has 5 nitrogen and oxygen atoms in total. The summed E-state index contributed by atoms with van der Waals surface area (Å²) in [4.78, 5) is 28.2. The van der Waals surface area contributed by atoms with Crippen molar-refractivity contribution >= 4 is 57.5 Å². The summed E-state index contributed by atoms with van der Waals surface area (Å²) in [5.74, 6) is 2.09. The highest BCUT2D eigenvalue weighted by Gasteiger charge is 2.18. The highest BCUT2D eigenvalue weighted by Crippen LogP contribution is 2.45. The number of aromatic nitrogens is 1. The zero-order valence-electron chi connectivity index (χ0n) is 15.7. The number of nitrogens with one attached hydrogen (secondary N) is 2. The minimum atomic E-state index is -0.162. The molecule has 148 valence electrons. The van der Waals surface area contributed by atoms with Crippen molar-refractivity contribution in [2.45, 2.75) is 11.5 Å². The molecule has 1 aliphatic rings. The van der Waals surface area contributed by atoms with Crippen LogP contribution in [0.4, 0.5) is 10.8 Å². The number of hydrogen-bond donors (Lipinski definition) is 2. The minimum absolute atomic E-state index is 0.106. The molecule has 2 heterocycles. The fourth-order valence-corrected chi connectivity index (χ4v) is 6.48. The lowest BCUT2D eigenvalue weighted by Crippen LogP contribution is -2.11. The first kappa shape index (κ1) is 20.0. The Morgan fingerprint density at radius 3 is 2.31 bits per heavy atom. The van der Waals surface area contributed by atoms with E-state index in [0.29, 0.717) is 15.3 Å². The third-order valence-electron chi connectivity index (χ3n) is 4.29. The van der Waals surface area contributed by atoms with Crippen molar-refractivity contribution in [2.24, 2.45) is 0 Å². The number of nitrogens with zero attached hydrogens (tertiary/aromatic N) is 1. The number of benzene rings is 2. The molecule has 1 saturated heterocycles. The van der Waals surface area contributed by atoms with E-state index in [9.17, 15) is 9.59 Å². The molecule has 0 bridgehead atoms. The Hall–Kier alpha value is -2.29. The molecule has 2 N–H and O–H groups in total. The van der Waals surface area contributed by atoms with E-state index >= 15 is 0 Å². The SMILES string of the molecule is CC(=O)Nc1ccc(-c2csc(NC(=O)c3ccc(C4SCCS4)cc3)n2)cc1. The number of hydrogen-bond acceptors (Lipinski definition) is 6. The molecule has 0 unspecified atom stereocenters. The number of thioether (sulfide) groups is 2. The van der Waals surface area contributed by atoms with Crippen LogP contribution in [0.25, 0.3) is 11.3 Å². The topological polar surface area (TPSA) is 71.1 Å². The fourth-order valence-electron chi connectivity index (χ4n) is 2.90. The van der Waals surface area contributed by atoms with Crippen molar-refractivity contribution in [3.05, 3.63) is 65.0 Å². The van der Waals surface area contributed by atoms with Gasteiger partial charge < -0.3 is 5.32 Å². The van der Waals surface area contributed by atoms with Crippen LogP contribution in [0.15, 0.2) is 53.9 Å². The van der Waals surface area contributed by atoms with Crippen molar-refractivity contribution in [1.82, 2.24) is 4.98 Å². The number of carbonyl (C=O) groups excluding carboxylic acids is 2. The Morgan fingerprint density at radius 1 is 0.966 bits per heavy atom. The molecule has 2 amide bonds. The van der Waals surface area contributed by atoms with Gasteiger partial charge in [0.2, 0.25) is 5.91 Å². The average Bonchev–Trinajstić information content (AvgIpc) is 3.40. The molecule has 0 radical (unpaired) electrons. The molecule has 3 aromatic rings. The van der Waals surface area contributed by atoms with Crippen LogP contribution in [0, 0.1) is 0 Å². The quantitative estimate of drug-likeness (QED) is 0.547. The second-order valence-corrected chi connectivity index (χ2v) is 10.0. The maximum absolute atomic E-state index is 12.5. The lowest BCUT2D eigenvalue weighted by molar-refractivity contribution is -0.114. The van der Waals surface area contributed by atoms with Crippen LogP contribution in [0.3, 0.4) is 0 Å².